The molecule has 0 radical (unpaired) electrons. The quantitative estimate of drug-likeness (QED) is 0.472. The molecular weight excluding hydrogens is 460 g/mol. The van der Waals surface area contributed by atoms with Crippen molar-refractivity contribution in [1.82, 2.24) is 5.32 Å². The maximum atomic E-state index is 13.0. The molecule has 7 heteroatoms. The van der Waals surface area contributed by atoms with E-state index in [0.717, 1.165) is 4.47 Å². The summed E-state index contributed by atoms with van der Waals surface area (Å²) in [6.45, 7) is 0. The summed E-state index contributed by atoms with van der Waals surface area (Å²) in [4.78, 5) is 25.7. The third-order valence-corrected chi connectivity index (χ3v) is 4.88. The molecule has 0 unspecified atom stereocenters. The first-order valence-corrected chi connectivity index (χ1v) is 10.2. The molecule has 158 valence electrons. The van der Waals surface area contributed by atoms with Crippen LogP contribution in [0.25, 0.3) is 6.08 Å². The molecule has 2 amide bonds. The first kappa shape index (κ1) is 22.1. The molecule has 3 rings (SSSR count). The molecule has 0 aliphatic carbocycles. The molecule has 0 fully saturated rings. The summed E-state index contributed by atoms with van der Waals surface area (Å²) in [5, 5.41) is 5.51. The van der Waals surface area contributed by atoms with E-state index in [1.165, 1.54) is 7.11 Å². The van der Waals surface area contributed by atoms with Crippen LogP contribution in [0, 0.1) is 0 Å². The molecule has 0 aromatic heterocycles. The van der Waals surface area contributed by atoms with Crippen LogP contribution >= 0.6 is 15.9 Å². The fraction of sp³-hybridized carbons (Fsp3) is 0.0833. The molecule has 0 heterocycles. The Morgan fingerprint density at radius 2 is 1.55 bits per heavy atom. The van der Waals surface area contributed by atoms with Crippen molar-refractivity contribution in [2.24, 2.45) is 0 Å². The van der Waals surface area contributed by atoms with Gasteiger partial charge in [-0.3, -0.25) is 9.59 Å². The Labute approximate surface area is 189 Å². The summed E-state index contributed by atoms with van der Waals surface area (Å²) < 4.78 is 11.5. The first-order chi connectivity index (χ1) is 15.0. The van der Waals surface area contributed by atoms with E-state index in [1.807, 2.05) is 18.2 Å². The van der Waals surface area contributed by atoms with E-state index in [4.69, 9.17) is 9.47 Å². The first-order valence-electron chi connectivity index (χ1n) is 9.37. The summed E-state index contributed by atoms with van der Waals surface area (Å²) in [6, 6.07) is 21.1. The number of carbonyl (C=O) groups is 2. The van der Waals surface area contributed by atoms with Crippen molar-refractivity contribution in [3.63, 3.8) is 0 Å². The maximum absolute atomic E-state index is 13.0. The summed E-state index contributed by atoms with van der Waals surface area (Å²) in [5.41, 5.74) is 1.79. The summed E-state index contributed by atoms with van der Waals surface area (Å²) in [6.07, 6.45) is 1.58. The standard InChI is InChI=1S/C24H21BrN2O4/c1-30-21-13-8-16(15-22(21)31-2)14-20(27-23(28)17-6-4-3-5-7-17)24(29)26-19-11-9-18(25)10-12-19/h3-15H,1-2H3,(H,26,29)(H,27,28)/b20-14-. The monoisotopic (exact) mass is 480 g/mol. The highest BCUT2D eigenvalue weighted by Gasteiger charge is 2.15. The molecule has 3 aromatic rings. The van der Waals surface area contributed by atoms with E-state index in [1.54, 1.807) is 67.8 Å². The van der Waals surface area contributed by atoms with Gasteiger partial charge in [-0.15, -0.1) is 0 Å². The lowest BCUT2D eigenvalue weighted by Crippen LogP contribution is -2.30. The van der Waals surface area contributed by atoms with E-state index in [9.17, 15) is 9.59 Å². The predicted octanol–water partition coefficient (Wildman–Crippen LogP) is 4.88. The zero-order valence-corrected chi connectivity index (χ0v) is 18.6. The fourth-order valence-corrected chi connectivity index (χ4v) is 3.05. The van der Waals surface area contributed by atoms with Gasteiger partial charge in [0, 0.05) is 15.7 Å². The van der Waals surface area contributed by atoms with E-state index in [0.29, 0.717) is 28.3 Å². The van der Waals surface area contributed by atoms with Crippen molar-refractivity contribution in [2.75, 3.05) is 19.5 Å². The summed E-state index contributed by atoms with van der Waals surface area (Å²) in [5.74, 6) is 0.229. The summed E-state index contributed by atoms with van der Waals surface area (Å²) >= 11 is 3.37. The number of methoxy groups -OCH3 is 2. The third kappa shape index (κ3) is 5.96. The van der Waals surface area contributed by atoms with Crippen molar-refractivity contribution >= 4 is 39.5 Å². The number of ether oxygens (including phenoxy) is 2. The average molecular weight is 481 g/mol. The Morgan fingerprint density at radius 3 is 2.19 bits per heavy atom. The molecule has 0 bridgehead atoms. The lowest BCUT2D eigenvalue weighted by Gasteiger charge is -2.12. The molecule has 6 nitrogen and oxygen atoms in total. The molecule has 0 aliphatic rings. The zero-order valence-electron chi connectivity index (χ0n) is 17.0. The van der Waals surface area contributed by atoms with Gasteiger partial charge in [0.2, 0.25) is 0 Å². The molecule has 3 aromatic carbocycles. The highest BCUT2D eigenvalue weighted by molar-refractivity contribution is 9.10. The van der Waals surface area contributed by atoms with Gasteiger partial charge < -0.3 is 20.1 Å². The number of carbonyl (C=O) groups excluding carboxylic acids is 2. The smallest absolute Gasteiger partial charge is 0.272 e. The number of anilines is 1. The van der Waals surface area contributed by atoms with Crippen LogP contribution in [-0.2, 0) is 4.79 Å². The molecule has 0 spiro atoms. The second-order valence-electron chi connectivity index (χ2n) is 6.45. The van der Waals surface area contributed by atoms with E-state index >= 15 is 0 Å². The third-order valence-electron chi connectivity index (χ3n) is 4.35. The Hall–Kier alpha value is -3.58. The van der Waals surface area contributed by atoms with Gasteiger partial charge in [-0.05, 0) is 60.2 Å². The topological polar surface area (TPSA) is 76.7 Å². The Balaban J connectivity index is 1.92. The van der Waals surface area contributed by atoms with Gasteiger partial charge in [-0.1, -0.05) is 40.2 Å². The van der Waals surface area contributed by atoms with Gasteiger partial charge in [-0.25, -0.2) is 0 Å². The van der Waals surface area contributed by atoms with Crippen LogP contribution < -0.4 is 20.1 Å². The number of amides is 2. The minimum absolute atomic E-state index is 0.0870. The van der Waals surface area contributed by atoms with Crippen molar-refractivity contribution in [2.45, 2.75) is 0 Å². The average Bonchev–Trinajstić information content (AvgIpc) is 2.80. The van der Waals surface area contributed by atoms with Crippen LogP contribution in [0.5, 0.6) is 11.5 Å². The number of halogens is 1. The largest absolute Gasteiger partial charge is 0.493 e. The van der Waals surface area contributed by atoms with E-state index in [2.05, 4.69) is 26.6 Å². The van der Waals surface area contributed by atoms with Gasteiger partial charge in [0.15, 0.2) is 11.5 Å². The van der Waals surface area contributed by atoms with Crippen LogP contribution in [0.4, 0.5) is 5.69 Å². The zero-order chi connectivity index (χ0) is 22.2. The lowest BCUT2D eigenvalue weighted by atomic mass is 10.1. The number of hydrogen-bond donors (Lipinski definition) is 2. The highest BCUT2D eigenvalue weighted by atomic mass is 79.9. The molecule has 2 N–H and O–H groups in total. The molecule has 0 aliphatic heterocycles. The van der Waals surface area contributed by atoms with Crippen molar-refractivity contribution in [1.29, 1.82) is 0 Å². The van der Waals surface area contributed by atoms with Gasteiger partial charge in [0.1, 0.15) is 5.70 Å². The highest BCUT2D eigenvalue weighted by Crippen LogP contribution is 2.28. The van der Waals surface area contributed by atoms with Crippen LogP contribution in [0.3, 0.4) is 0 Å². The molecule has 0 atom stereocenters. The Kier molecular flexibility index (Phi) is 7.45. The van der Waals surface area contributed by atoms with Gasteiger partial charge in [0.25, 0.3) is 11.8 Å². The number of nitrogens with one attached hydrogen (secondary N) is 2. The molecule has 0 saturated carbocycles. The van der Waals surface area contributed by atoms with Crippen LogP contribution in [0.15, 0.2) is 83.0 Å². The normalized spacial score (nSPS) is 10.9. The van der Waals surface area contributed by atoms with E-state index < -0.39 is 11.8 Å². The SMILES string of the molecule is COc1ccc(/C=C(\NC(=O)c2ccccc2)C(=O)Nc2ccc(Br)cc2)cc1OC. The Morgan fingerprint density at radius 1 is 0.871 bits per heavy atom. The Bertz CT molecular complexity index is 1100. The maximum Gasteiger partial charge on any atom is 0.272 e. The minimum Gasteiger partial charge on any atom is -0.493 e. The molecular formula is C24H21BrN2O4. The van der Waals surface area contributed by atoms with E-state index in [-0.39, 0.29) is 5.70 Å². The van der Waals surface area contributed by atoms with Crippen LogP contribution in [0.2, 0.25) is 0 Å². The lowest BCUT2D eigenvalue weighted by molar-refractivity contribution is -0.113. The van der Waals surface area contributed by atoms with Gasteiger partial charge >= 0.3 is 0 Å². The van der Waals surface area contributed by atoms with Crippen molar-refractivity contribution in [3.8, 4) is 11.5 Å². The van der Waals surface area contributed by atoms with Gasteiger partial charge in [-0.2, -0.15) is 0 Å². The number of benzene rings is 3. The number of hydrogen-bond acceptors (Lipinski definition) is 4. The summed E-state index contributed by atoms with van der Waals surface area (Å²) in [7, 11) is 3.08. The molecule has 31 heavy (non-hydrogen) atoms. The van der Waals surface area contributed by atoms with Crippen LogP contribution in [0.1, 0.15) is 15.9 Å². The second kappa shape index (κ2) is 10.4. The second-order valence-corrected chi connectivity index (χ2v) is 7.37. The van der Waals surface area contributed by atoms with Gasteiger partial charge in [0.05, 0.1) is 14.2 Å². The predicted molar refractivity (Wildman–Crippen MR) is 124 cm³/mol. The molecule has 0 saturated heterocycles. The fourth-order valence-electron chi connectivity index (χ4n) is 2.78. The van der Waals surface area contributed by atoms with Crippen molar-refractivity contribution < 1.29 is 19.1 Å². The number of rotatable bonds is 7. The van der Waals surface area contributed by atoms with Crippen molar-refractivity contribution in [3.05, 3.63) is 94.1 Å². The minimum atomic E-state index is -0.457. The van der Waals surface area contributed by atoms with Crippen LogP contribution in [-0.4, -0.2) is 26.0 Å².